The second kappa shape index (κ2) is 10.5. The van der Waals surface area contributed by atoms with E-state index in [9.17, 15) is 4.79 Å². The lowest BCUT2D eigenvalue weighted by atomic mass is 9.94. The Morgan fingerprint density at radius 3 is 2.36 bits per heavy atom. The quantitative estimate of drug-likeness (QED) is 0.341. The van der Waals surface area contributed by atoms with E-state index in [2.05, 4.69) is 22.6 Å². The number of carbonyl (C=O) groups is 1. The van der Waals surface area contributed by atoms with Crippen LogP contribution in [0.15, 0.2) is 95.1 Å². The molecule has 5 rings (SSSR count). The maximum absolute atomic E-state index is 13.3. The molecule has 7 nitrogen and oxygen atoms in total. The van der Waals surface area contributed by atoms with Crippen molar-refractivity contribution >= 4 is 11.6 Å². The molecule has 0 spiro atoms. The van der Waals surface area contributed by atoms with Crippen molar-refractivity contribution < 1.29 is 14.1 Å². The minimum Gasteiger partial charge on any atom is -0.494 e. The number of carbonyl (C=O) groups excluding carboxylic acids is 1. The van der Waals surface area contributed by atoms with Gasteiger partial charge in [0.25, 0.3) is 5.89 Å². The van der Waals surface area contributed by atoms with Gasteiger partial charge < -0.3 is 14.6 Å². The number of hydrogen-bond acceptors (Lipinski definition) is 5. The summed E-state index contributed by atoms with van der Waals surface area (Å²) in [5.74, 6) is 1.67. The molecule has 0 aliphatic carbocycles. The number of rotatable bonds is 8. The third-order valence-electron chi connectivity index (χ3n) is 6.28. The molecule has 1 N–H and O–H groups in total. The van der Waals surface area contributed by atoms with Crippen molar-refractivity contribution in [3.05, 3.63) is 108 Å². The van der Waals surface area contributed by atoms with Gasteiger partial charge in [0.2, 0.25) is 5.82 Å². The van der Waals surface area contributed by atoms with Gasteiger partial charge >= 0.3 is 6.03 Å². The average Bonchev–Trinajstić information content (AvgIpc) is 3.40. The maximum atomic E-state index is 13.3. The molecule has 0 bridgehead atoms. The van der Waals surface area contributed by atoms with Crippen LogP contribution in [0.25, 0.3) is 17.0 Å². The summed E-state index contributed by atoms with van der Waals surface area (Å²) >= 11 is 0. The Morgan fingerprint density at radius 2 is 1.67 bits per heavy atom. The van der Waals surface area contributed by atoms with E-state index in [-0.39, 0.29) is 6.03 Å². The highest BCUT2D eigenvalue weighted by atomic mass is 16.5. The Hall–Kier alpha value is -4.39. The fourth-order valence-corrected chi connectivity index (χ4v) is 4.42. The summed E-state index contributed by atoms with van der Waals surface area (Å²) in [7, 11) is 0. The first-order chi connectivity index (χ1) is 17.6. The molecule has 1 atom stereocenters. The SMILES string of the molecule is CCOc1ccc(C2NC(=O)N(CCc3ccccc3)C(C)=C2c2nc(-c3ccccc3)no2)cc1. The van der Waals surface area contributed by atoms with E-state index in [1.54, 1.807) is 4.90 Å². The zero-order valence-corrected chi connectivity index (χ0v) is 20.3. The summed E-state index contributed by atoms with van der Waals surface area (Å²) in [6.45, 7) is 5.00. The highest BCUT2D eigenvalue weighted by Crippen LogP contribution is 2.37. The highest BCUT2D eigenvalue weighted by Gasteiger charge is 2.35. The molecule has 1 aliphatic rings. The normalized spacial score (nSPS) is 15.7. The maximum Gasteiger partial charge on any atom is 0.322 e. The minimum atomic E-state index is -0.440. The monoisotopic (exact) mass is 480 g/mol. The molecular weight excluding hydrogens is 452 g/mol. The summed E-state index contributed by atoms with van der Waals surface area (Å²) in [5.41, 5.74) is 4.50. The summed E-state index contributed by atoms with van der Waals surface area (Å²) in [6.07, 6.45) is 0.728. The Labute approximate surface area is 210 Å². The smallest absolute Gasteiger partial charge is 0.322 e. The minimum absolute atomic E-state index is 0.158. The first kappa shape index (κ1) is 23.4. The van der Waals surface area contributed by atoms with Crippen LogP contribution in [0.2, 0.25) is 0 Å². The van der Waals surface area contributed by atoms with E-state index in [1.165, 1.54) is 0 Å². The van der Waals surface area contributed by atoms with Crippen molar-refractivity contribution in [3.63, 3.8) is 0 Å². The van der Waals surface area contributed by atoms with Crippen molar-refractivity contribution in [2.75, 3.05) is 13.2 Å². The predicted molar refractivity (Wildman–Crippen MR) is 138 cm³/mol. The van der Waals surface area contributed by atoms with Crippen molar-refractivity contribution in [1.82, 2.24) is 20.4 Å². The van der Waals surface area contributed by atoms with Crippen LogP contribution in [-0.4, -0.2) is 34.2 Å². The third kappa shape index (κ3) is 4.86. The van der Waals surface area contributed by atoms with Gasteiger partial charge in [0, 0.05) is 17.8 Å². The Bertz CT molecular complexity index is 1350. The fourth-order valence-electron chi connectivity index (χ4n) is 4.42. The Kier molecular flexibility index (Phi) is 6.80. The first-order valence-corrected chi connectivity index (χ1v) is 12.1. The second-order valence-electron chi connectivity index (χ2n) is 8.56. The third-order valence-corrected chi connectivity index (χ3v) is 6.28. The van der Waals surface area contributed by atoms with Crippen LogP contribution in [-0.2, 0) is 6.42 Å². The van der Waals surface area contributed by atoms with Gasteiger partial charge in [0.15, 0.2) is 0 Å². The van der Waals surface area contributed by atoms with Gasteiger partial charge in [-0.2, -0.15) is 4.98 Å². The fraction of sp³-hybridized carbons (Fsp3) is 0.207. The van der Waals surface area contributed by atoms with Gasteiger partial charge in [-0.1, -0.05) is 78.0 Å². The van der Waals surface area contributed by atoms with Crippen LogP contribution in [0.1, 0.15) is 36.9 Å². The number of hydrogen-bond donors (Lipinski definition) is 1. The number of amides is 2. The van der Waals surface area contributed by atoms with Crippen molar-refractivity contribution in [2.45, 2.75) is 26.3 Å². The van der Waals surface area contributed by atoms with E-state index < -0.39 is 6.04 Å². The topological polar surface area (TPSA) is 80.5 Å². The zero-order valence-electron chi connectivity index (χ0n) is 20.3. The standard InChI is InChI=1S/C29H28N4O3/c1-3-35-24-16-14-22(15-17-24)26-25(28-31-27(32-36-28)23-12-8-5-9-13-23)20(2)33(29(34)30-26)19-18-21-10-6-4-7-11-21/h4-17,26H,3,18-19H2,1-2H3,(H,30,34). The average molecular weight is 481 g/mol. The number of nitrogens with zero attached hydrogens (tertiary/aromatic N) is 3. The first-order valence-electron chi connectivity index (χ1n) is 12.1. The molecule has 1 aliphatic heterocycles. The van der Waals surface area contributed by atoms with E-state index in [1.807, 2.05) is 86.6 Å². The number of aromatic nitrogens is 2. The summed E-state index contributed by atoms with van der Waals surface area (Å²) in [5, 5.41) is 7.39. The molecule has 0 saturated heterocycles. The predicted octanol–water partition coefficient (Wildman–Crippen LogP) is 5.88. The zero-order chi connectivity index (χ0) is 24.9. The largest absolute Gasteiger partial charge is 0.494 e. The van der Waals surface area contributed by atoms with Gasteiger partial charge in [-0.25, -0.2) is 4.79 Å². The summed E-state index contributed by atoms with van der Waals surface area (Å²) < 4.78 is 11.4. The molecular formula is C29H28N4O3. The van der Waals surface area contributed by atoms with E-state index in [4.69, 9.17) is 14.2 Å². The van der Waals surface area contributed by atoms with E-state index in [0.717, 1.165) is 40.1 Å². The molecule has 0 saturated carbocycles. The second-order valence-corrected chi connectivity index (χ2v) is 8.56. The molecule has 1 aromatic heterocycles. The summed E-state index contributed by atoms with van der Waals surface area (Å²) in [4.78, 5) is 19.7. The van der Waals surface area contributed by atoms with Crippen LogP contribution in [0.3, 0.4) is 0 Å². The molecule has 0 fully saturated rings. The molecule has 36 heavy (non-hydrogen) atoms. The van der Waals surface area contributed by atoms with Gasteiger partial charge in [-0.15, -0.1) is 0 Å². The van der Waals surface area contributed by atoms with Gasteiger partial charge in [0.1, 0.15) is 5.75 Å². The molecule has 0 radical (unpaired) electrons. The van der Waals surface area contributed by atoms with E-state index in [0.29, 0.717) is 24.9 Å². The summed E-state index contributed by atoms with van der Waals surface area (Å²) in [6, 6.07) is 26.9. The molecule has 1 unspecified atom stereocenters. The van der Waals surface area contributed by atoms with Crippen molar-refractivity contribution in [3.8, 4) is 17.1 Å². The number of ether oxygens (including phenoxy) is 1. The molecule has 7 heteroatoms. The van der Waals surface area contributed by atoms with Crippen LogP contribution in [0.4, 0.5) is 4.79 Å². The lowest BCUT2D eigenvalue weighted by Crippen LogP contribution is -2.46. The van der Waals surface area contributed by atoms with Crippen molar-refractivity contribution in [1.29, 1.82) is 0 Å². The lowest BCUT2D eigenvalue weighted by molar-refractivity contribution is 0.205. The lowest BCUT2D eigenvalue weighted by Gasteiger charge is -2.35. The van der Waals surface area contributed by atoms with Gasteiger partial charge in [-0.05, 0) is 43.5 Å². The molecule has 2 heterocycles. The molecule has 4 aromatic rings. The van der Waals surface area contributed by atoms with Gasteiger partial charge in [0.05, 0.1) is 18.2 Å². The van der Waals surface area contributed by atoms with Crippen LogP contribution < -0.4 is 10.1 Å². The Morgan fingerprint density at radius 1 is 0.972 bits per heavy atom. The number of benzene rings is 3. The number of urea groups is 1. The van der Waals surface area contributed by atoms with E-state index >= 15 is 0 Å². The Balaban J connectivity index is 1.53. The highest BCUT2D eigenvalue weighted by molar-refractivity contribution is 5.87. The van der Waals surface area contributed by atoms with Crippen molar-refractivity contribution in [2.24, 2.45) is 0 Å². The van der Waals surface area contributed by atoms with Crippen LogP contribution >= 0.6 is 0 Å². The van der Waals surface area contributed by atoms with Gasteiger partial charge in [-0.3, -0.25) is 4.90 Å². The number of allylic oxidation sites excluding steroid dienone is 1. The van der Waals surface area contributed by atoms with Crippen LogP contribution in [0.5, 0.6) is 5.75 Å². The number of nitrogens with one attached hydrogen (secondary N) is 1. The van der Waals surface area contributed by atoms with Crippen LogP contribution in [0, 0.1) is 0 Å². The molecule has 2 amide bonds. The molecule has 3 aromatic carbocycles. The molecule has 182 valence electrons.